The third kappa shape index (κ3) is 22.1. The Balaban J connectivity index is -0.000000323. The zero-order valence-electron chi connectivity index (χ0n) is 46.0. The largest absolute Gasteiger partial charge is 0.317 e. The van der Waals surface area contributed by atoms with Gasteiger partial charge in [0.2, 0.25) is 0 Å². The van der Waals surface area contributed by atoms with Gasteiger partial charge in [0.15, 0.2) is 0 Å². The molecular formula is C55H121N3S. The molecule has 4 fully saturated rings. The highest BCUT2D eigenvalue weighted by atomic mass is 32.2. The van der Waals surface area contributed by atoms with E-state index in [1.54, 1.807) is 0 Å². The predicted octanol–water partition coefficient (Wildman–Crippen LogP) is 17.4. The van der Waals surface area contributed by atoms with E-state index in [0.717, 1.165) is 47.3 Å². The van der Waals surface area contributed by atoms with E-state index in [1.807, 2.05) is 55.4 Å². The monoisotopic (exact) mass is 856 g/mol. The molecule has 0 saturated carbocycles. The average molecular weight is 857 g/mol. The number of thioether (sulfide) groups is 1. The van der Waals surface area contributed by atoms with Crippen molar-refractivity contribution in [2.75, 3.05) is 38.5 Å². The average Bonchev–Trinajstić information content (AvgIpc) is 3.77. The smallest absolute Gasteiger partial charge is 0.0227 e. The highest BCUT2D eigenvalue weighted by Gasteiger charge is 2.40. The Hall–Kier alpha value is 0.230. The second-order valence-corrected chi connectivity index (χ2v) is 21.4. The van der Waals surface area contributed by atoms with Gasteiger partial charge in [0.1, 0.15) is 0 Å². The predicted molar refractivity (Wildman–Crippen MR) is 281 cm³/mol. The van der Waals surface area contributed by atoms with Gasteiger partial charge in [0, 0.05) is 16.8 Å². The molecule has 0 bridgehead atoms. The Morgan fingerprint density at radius 2 is 0.763 bits per heavy atom. The van der Waals surface area contributed by atoms with Crippen LogP contribution in [0.1, 0.15) is 250 Å². The van der Waals surface area contributed by atoms with Crippen LogP contribution >= 0.6 is 11.8 Å². The van der Waals surface area contributed by atoms with Gasteiger partial charge < -0.3 is 16.0 Å². The molecule has 3 nitrogen and oxygen atoms in total. The zero-order valence-corrected chi connectivity index (χ0v) is 46.8. The van der Waals surface area contributed by atoms with Crippen LogP contribution in [0, 0.1) is 58.2 Å². The quantitative estimate of drug-likeness (QED) is 0.227. The molecule has 362 valence electrons. The highest BCUT2D eigenvalue weighted by Crippen LogP contribution is 2.47. The standard InChI is InChI=1S/3C12H25N.C11H22S.4C2H6/c1-10(2)12(11(3)4)6-5-8-13-9-7-12;1-10(2)12(11(3)4)7-5-6-8-13-9-12;1-10(2)12(11(3)4)8-6-5-7-9-13-12;1-9(2)11(10(3)4)7-5-6-8-12-11;4*1-2/h3*10-11,13H,5-9H2,1-4H3;9-10H,5-8H2,1-4H3;4*1-2H3. The van der Waals surface area contributed by atoms with E-state index < -0.39 is 0 Å². The lowest BCUT2D eigenvalue weighted by Crippen LogP contribution is -2.53. The van der Waals surface area contributed by atoms with Gasteiger partial charge in [0.25, 0.3) is 0 Å². The summed E-state index contributed by atoms with van der Waals surface area (Å²) in [5.74, 6) is 7.83. The van der Waals surface area contributed by atoms with Gasteiger partial charge in [-0.25, -0.2) is 0 Å². The van der Waals surface area contributed by atoms with Crippen LogP contribution in [0.3, 0.4) is 0 Å². The first-order chi connectivity index (χ1) is 27.9. The summed E-state index contributed by atoms with van der Waals surface area (Å²) in [7, 11) is 0. The molecule has 4 rings (SSSR count). The van der Waals surface area contributed by atoms with Crippen molar-refractivity contribution in [3.05, 3.63) is 0 Å². The van der Waals surface area contributed by atoms with E-state index in [4.69, 9.17) is 0 Å². The molecule has 0 atom stereocenters. The lowest BCUT2D eigenvalue weighted by Gasteiger charge is -2.43. The van der Waals surface area contributed by atoms with Crippen molar-refractivity contribution in [1.82, 2.24) is 16.0 Å². The molecule has 4 heterocycles. The van der Waals surface area contributed by atoms with Gasteiger partial charge in [0.05, 0.1) is 0 Å². The van der Waals surface area contributed by atoms with Gasteiger partial charge >= 0.3 is 0 Å². The molecule has 3 N–H and O–H groups in total. The van der Waals surface area contributed by atoms with Crippen molar-refractivity contribution in [2.24, 2.45) is 58.2 Å². The van der Waals surface area contributed by atoms with Crippen LogP contribution in [0.15, 0.2) is 0 Å². The van der Waals surface area contributed by atoms with Crippen LogP contribution in [0.4, 0.5) is 0 Å². The summed E-state index contributed by atoms with van der Waals surface area (Å²) in [5.41, 5.74) is 1.57. The first-order valence-electron chi connectivity index (χ1n) is 26.7. The fraction of sp³-hybridized carbons (Fsp3) is 1.00. The summed E-state index contributed by atoms with van der Waals surface area (Å²) in [4.78, 5) is 0. The minimum atomic E-state index is 0.413. The maximum Gasteiger partial charge on any atom is 0.0227 e. The molecule has 4 aliphatic rings. The normalized spacial score (nSPS) is 20.7. The Bertz CT molecular complexity index is 718. The van der Waals surface area contributed by atoms with Crippen molar-refractivity contribution in [3.8, 4) is 0 Å². The van der Waals surface area contributed by atoms with Crippen LogP contribution in [0.5, 0.6) is 0 Å². The summed E-state index contributed by atoms with van der Waals surface area (Å²) >= 11 is 2.23. The Morgan fingerprint density at radius 3 is 1.17 bits per heavy atom. The molecule has 59 heavy (non-hydrogen) atoms. The van der Waals surface area contributed by atoms with Gasteiger partial charge in [-0.15, -0.1) is 0 Å². The highest BCUT2D eigenvalue weighted by molar-refractivity contribution is 8.00. The third-order valence-corrected chi connectivity index (χ3v) is 17.3. The second-order valence-electron chi connectivity index (χ2n) is 20.0. The zero-order chi connectivity index (χ0) is 46.9. The van der Waals surface area contributed by atoms with Crippen LogP contribution in [0.2, 0.25) is 0 Å². The van der Waals surface area contributed by atoms with E-state index in [2.05, 4.69) is 138 Å². The molecule has 0 aromatic carbocycles. The minimum absolute atomic E-state index is 0.413. The minimum Gasteiger partial charge on any atom is -0.317 e. The Labute approximate surface area is 382 Å². The molecule has 4 saturated heterocycles. The lowest BCUT2D eigenvalue weighted by molar-refractivity contribution is 0.0930. The van der Waals surface area contributed by atoms with Crippen LogP contribution in [0.25, 0.3) is 0 Å². The summed E-state index contributed by atoms with van der Waals surface area (Å²) in [6, 6.07) is 0. The third-order valence-electron chi connectivity index (χ3n) is 15.1. The van der Waals surface area contributed by atoms with Crippen molar-refractivity contribution >= 4 is 11.8 Å². The lowest BCUT2D eigenvalue weighted by atomic mass is 9.64. The molecule has 4 aliphatic heterocycles. The van der Waals surface area contributed by atoms with Crippen molar-refractivity contribution in [1.29, 1.82) is 0 Å². The molecule has 0 unspecified atom stereocenters. The number of nitrogens with one attached hydrogen (secondary N) is 3. The fourth-order valence-corrected chi connectivity index (χ4v) is 12.6. The topological polar surface area (TPSA) is 36.1 Å². The van der Waals surface area contributed by atoms with Crippen molar-refractivity contribution in [2.45, 2.75) is 260 Å². The van der Waals surface area contributed by atoms with Crippen molar-refractivity contribution in [3.63, 3.8) is 0 Å². The van der Waals surface area contributed by atoms with E-state index >= 15 is 0 Å². The van der Waals surface area contributed by atoms with Gasteiger partial charge in [-0.05, 0) is 148 Å². The first kappa shape index (κ1) is 65.8. The number of hydrogen-bond acceptors (Lipinski definition) is 4. The SMILES string of the molecule is CC.CC.CC.CC.CC(C)C1(C(C)C)CCCCCN1.CC(C)C1(C(C)C)CCCCNC1.CC(C)C1(C(C)C)CCCCS1.CC(C)C1(C(C)C)CCCNCC1. The summed E-state index contributed by atoms with van der Waals surface area (Å²) in [5, 5.41) is 10.9. The summed E-state index contributed by atoms with van der Waals surface area (Å²) in [6.45, 7) is 60.2. The maximum atomic E-state index is 3.79. The Kier molecular flexibility index (Phi) is 41.9. The molecule has 0 radical (unpaired) electrons. The molecule has 0 spiro atoms. The summed E-state index contributed by atoms with van der Waals surface area (Å²) < 4.78 is 0.595. The molecular weight excluding hydrogens is 735 g/mol. The van der Waals surface area contributed by atoms with E-state index in [9.17, 15) is 0 Å². The number of hydrogen-bond donors (Lipinski definition) is 3. The van der Waals surface area contributed by atoms with Crippen LogP contribution < -0.4 is 16.0 Å². The van der Waals surface area contributed by atoms with E-state index in [0.29, 0.717) is 21.1 Å². The molecule has 0 aromatic heterocycles. The fourth-order valence-electron chi connectivity index (χ4n) is 10.9. The van der Waals surface area contributed by atoms with E-state index in [-0.39, 0.29) is 0 Å². The molecule has 0 amide bonds. The van der Waals surface area contributed by atoms with Crippen molar-refractivity contribution < 1.29 is 0 Å². The second kappa shape index (κ2) is 37.6. The van der Waals surface area contributed by atoms with Crippen LogP contribution in [-0.2, 0) is 0 Å². The maximum absolute atomic E-state index is 3.79. The van der Waals surface area contributed by atoms with Gasteiger partial charge in [-0.3, -0.25) is 0 Å². The van der Waals surface area contributed by atoms with Gasteiger partial charge in [-0.1, -0.05) is 192 Å². The van der Waals surface area contributed by atoms with Crippen LogP contribution in [-0.4, -0.2) is 48.8 Å². The molecule has 0 aromatic rings. The van der Waals surface area contributed by atoms with Gasteiger partial charge in [-0.2, -0.15) is 11.8 Å². The summed E-state index contributed by atoms with van der Waals surface area (Å²) in [6.07, 6.45) is 18.2. The molecule has 0 aliphatic carbocycles. The van der Waals surface area contributed by atoms with E-state index in [1.165, 1.54) is 122 Å². The first-order valence-corrected chi connectivity index (χ1v) is 27.7. The Morgan fingerprint density at radius 1 is 0.339 bits per heavy atom. The molecule has 4 heteroatoms. The number of rotatable bonds is 8.